The summed E-state index contributed by atoms with van der Waals surface area (Å²) in [6.07, 6.45) is 5.44. The summed E-state index contributed by atoms with van der Waals surface area (Å²) < 4.78 is 5.91. The predicted octanol–water partition coefficient (Wildman–Crippen LogP) is 0.876. The van der Waals surface area contributed by atoms with Gasteiger partial charge in [-0.2, -0.15) is 0 Å². The molecule has 0 aromatic carbocycles. The molecule has 0 spiro atoms. The molecule has 17 heavy (non-hydrogen) atoms. The Morgan fingerprint density at radius 2 is 2.59 bits per heavy atom. The first-order chi connectivity index (χ1) is 8.33. The van der Waals surface area contributed by atoms with Crippen molar-refractivity contribution in [2.45, 2.75) is 37.5 Å². The van der Waals surface area contributed by atoms with Gasteiger partial charge in [-0.25, -0.2) is 4.98 Å². The lowest BCUT2D eigenvalue weighted by molar-refractivity contribution is -0.0589. The van der Waals surface area contributed by atoms with E-state index in [1.165, 1.54) is 19.4 Å². The molecule has 0 amide bonds. The van der Waals surface area contributed by atoms with Crippen LogP contribution in [0.2, 0.25) is 0 Å². The first kappa shape index (κ1) is 11.6. The minimum Gasteiger partial charge on any atom is -0.374 e. The Morgan fingerprint density at radius 3 is 3.41 bits per heavy atom. The van der Waals surface area contributed by atoms with Gasteiger partial charge in [-0.1, -0.05) is 0 Å². The highest BCUT2D eigenvalue weighted by Gasteiger charge is 2.34. The minimum absolute atomic E-state index is 0.0719. The van der Waals surface area contributed by atoms with E-state index in [2.05, 4.69) is 9.88 Å². The highest BCUT2D eigenvalue weighted by molar-refractivity contribution is 7.09. The van der Waals surface area contributed by atoms with Crippen molar-refractivity contribution in [3.8, 4) is 0 Å². The monoisotopic (exact) mass is 253 g/mol. The number of fused-ring (bicyclic) bond motifs is 1. The lowest BCUT2D eigenvalue weighted by Gasteiger charge is -2.37. The number of nitrogens with two attached hydrogens (primary N) is 1. The van der Waals surface area contributed by atoms with Gasteiger partial charge >= 0.3 is 0 Å². The summed E-state index contributed by atoms with van der Waals surface area (Å²) in [7, 11) is 0. The molecule has 5 heteroatoms. The quantitative estimate of drug-likeness (QED) is 0.868. The molecule has 0 bridgehead atoms. The third-order valence-corrected chi connectivity index (χ3v) is 4.59. The van der Waals surface area contributed by atoms with Crippen LogP contribution in [-0.4, -0.2) is 47.8 Å². The van der Waals surface area contributed by atoms with E-state index in [-0.39, 0.29) is 12.1 Å². The van der Waals surface area contributed by atoms with E-state index < -0.39 is 0 Å². The Balaban J connectivity index is 1.57. The van der Waals surface area contributed by atoms with E-state index in [0.717, 1.165) is 24.6 Å². The summed E-state index contributed by atoms with van der Waals surface area (Å²) in [5, 5.41) is 3.12. The van der Waals surface area contributed by atoms with Gasteiger partial charge < -0.3 is 10.5 Å². The molecule has 2 aliphatic rings. The van der Waals surface area contributed by atoms with E-state index in [0.29, 0.717) is 6.04 Å². The topological polar surface area (TPSA) is 51.4 Å². The lowest BCUT2D eigenvalue weighted by Crippen LogP contribution is -2.53. The van der Waals surface area contributed by atoms with Gasteiger partial charge in [0.25, 0.3) is 0 Å². The van der Waals surface area contributed by atoms with Crippen molar-refractivity contribution in [1.82, 2.24) is 9.88 Å². The van der Waals surface area contributed by atoms with E-state index in [1.807, 2.05) is 11.6 Å². The van der Waals surface area contributed by atoms with Crippen LogP contribution in [0.5, 0.6) is 0 Å². The maximum atomic E-state index is 6.24. The summed E-state index contributed by atoms with van der Waals surface area (Å²) in [4.78, 5) is 6.82. The molecular formula is C12H19N3OS. The molecule has 1 aromatic rings. The number of hydrogen-bond donors (Lipinski definition) is 1. The van der Waals surface area contributed by atoms with Gasteiger partial charge in [-0.05, 0) is 19.4 Å². The number of aromatic nitrogens is 1. The van der Waals surface area contributed by atoms with Gasteiger partial charge in [0.05, 0.1) is 17.7 Å². The fourth-order valence-electron chi connectivity index (χ4n) is 2.79. The Morgan fingerprint density at radius 1 is 1.65 bits per heavy atom. The zero-order valence-electron chi connectivity index (χ0n) is 9.92. The Labute approximate surface area is 106 Å². The molecule has 2 N–H and O–H groups in total. The van der Waals surface area contributed by atoms with Crippen LogP contribution in [-0.2, 0) is 11.2 Å². The number of rotatable bonds is 3. The predicted molar refractivity (Wildman–Crippen MR) is 68.1 cm³/mol. The maximum absolute atomic E-state index is 6.24. The third-order valence-electron chi connectivity index (χ3n) is 3.79. The first-order valence-electron chi connectivity index (χ1n) is 6.32. The molecule has 3 unspecified atom stereocenters. The molecule has 2 fully saturated rings. The molecule has 3 rings (SSSR count). The SMILES string of the molecule is NC(Cc1nccs1)C1CN2CCCC2CO1. The van der Waals surface area contributed by atoms with Crippen LogP contribution in [0.1, 0.15) is 17.8 Å². The summed E-state index contributed by atoms with van der Waals surface area (Å²) in [5.74, 6) is 0. The fraction of sp³-hybridized carbons (Fsp3) is 0.750. The second kappa shape index (κ2) is 5.02. The third kappa shape index (κ3) is 2.52. The average molecular weight is 253 g/mol. The number of nitrogens with zero attached hydrogens (tertiary/aromatic N) is 2. The second-order valence-corrected chi connectivity index (χ2v) is 5.94. The van der Waals surface area contributed by atoms with Crippen LogP contribution < -0.4 is 5.73 Å². The van der Waals surface area contributed by atoms with Crippen molar-refractivity contribution in [3.63, 3.8) is 0 Å². The molecule has 3 atom stereocenters. The maximum Gasteiger partial charge on any atom is 0.0941 e. The molecular weight excluding hydrogens is 234 g/mol. The van der Waals surface area contributed by atoms with Gasteiger partial charge in [-0.15, -0.1) is 11.3 Å². The smallest absolute Gasteiger partial charge is 0.0941 e. The standard InChI is InChI=1S/C12H19N3OS/c13-10(6-12-14-3-5-17-12)11-7-15-4-1-2-9(15)8-16-11/h3,5,9-11H,1-2,4,6-8,13H2. The molecule has 3 heterocycles. The molecule has 0 aliphatic carbocycles. The molecule has 2 aliphatic heterocycles. The van der Waals surface area contributed by atoms with Gasteiger partial charge in [0, 0.05) is 36.6 Å². The average Bonchev–Trinajstić information content (AvgIpc) is 2.97. The van der Waals surface area contributed by atoms with Crippen LogP contribution in [0.25, 0.3) is 0 Å². The van der Waals surface area contributed by atoms with Crippen LogP contribution in [0, 0.1) is 0 Å². The molecule has 2 saturated heterocycles. The normalized spacial score (nSPS) is 31.4. The van der Waals surface area contributed by atoms with E-state index in [4.69, 9.17) is 10.5 Å². The van der Waals surface area contributed by atoms with E-state index in [1.54, 1.807) is 11.3 Å². The Kier molecular flexibility index (Phi) is 3.42. The minimum atomic E-state index is 0.0719. The van der Waals surface area contributed by atoms with Crippen molar-refractivity contribution in [2.75, 3.05) is 19.7 Å². The molecule has 1 aromatic heterocycles. The van der Waals surface area contributed by atoms with Crippen molar-refractivity contribution in [1.29, 1.82) is 0 Å². The van der Waals surface area contributed by atoms with Gasteiger partial charge in [0.15, 0.2) is 0 Å². The number of hydrogen-bond acceptors (Lipinski definition) is 5. The van der Waals surface area contributed by atoms with Gasteiger partial charge in [0.1, 0.15) is 0 Å². The highest BCUT2D eigenvalue weighted by Crippen LogP contribution is 2.24. The van der Waals surface area contributed by atoms with Crippen molar-refractivity contribution in [3.05, 3.63) is 16.6 Å². The second-order valence-electron chi connectivity index (χ2n) is 4.96. The fourth-order valence-corrected chi connectivity index (χ4v) is 3.48. The number of morpholine rings is 1. The number of thiazole rings is 1. The van der Waals surface area contributed by atoms with Gasteiger partial charge in [0.2, 0.25) is 0 Å². The van der Waals surface area contributed by atoms with Crippen molar-refractivity contribution < 1.29 is 4.74 Å². The molecule has 0 saturated carbocycles. The van der Waals surface area contributed by atoms with Crippen molar-refractivity contribution >= 4 is 11.3 Å². The highest BCUT2D eigenvalue weighted by atomic mass is 32.1. The van der Waals surface area contributed by atoms with Crippen LogP contribution in [0.4, 0.5) is 0 Å². The van der Waals surface area contributed by atoms with E-state index >= 15 is 0 Å². The summed E-state index contributed by atoms with van der Waals surface area (Å²) >= 11 is 1.67. The van der Waals surface area contributed by atoms with Crippen molar-refractivity contribution in [2.24, 2.45) is 5.73 Å². The van der Waals surface area contributed by atoms with E-state index in [9.17, 15) is 0 Å². The molecule has 4 nitrogen and oxygen atoms in total. The Hall–Kier alpha value is -0.490. The van der Waals surface area contributed by atoms with Crippen LogP contribution in [0.3, 0.4) is 0 Å². The van der Waals surface area contributed by atoms with Crippen LogP contribution >= 0.6 is 11.3 Å². The van der Waals surface area contributed by atoms with Gasteiger partial charge in [-0.3, -0.25) is 4.90 Å². The Bertz CT molecular complexity index is 357. The number of ether oxygens (including phenoxy) is 1. The largest absolute Gasteiger partial charge is 0.374 e. The molecule has 94 valence electrons. The first-order valence-corrected chi connectivity index (χ1v) is 7.20. The summed E-state index contributed by atoms with van der Waals surface area (Å²) in [6.45, 7) is 3.07. The summed E-state index contributed by atoms with van der Waals surface area (Å²) in [6, 6.07) is 0.723. The zero-order chi connectivity index (χ0) is 11.7. The zero-order valence-corrected chi connectivity index (χ0v) is 10.7. The lowest BCUT2D eigenvalue weighted by atomic mass is 10.1. The summed E-state index contributed by atoms with van der Waals surface area (Å²) in [5.41, 5.74) is 6.24. The molecule has 0 radical (unpaired) electrons. The van der Waals surface area contributed by atoms with Crippen LogP contribution in [0.15, 0.2) is 11.6 Å².